The lowest BCUT2D eigenvalue weighted by Gasteiger charge is -2.38. The van der Waals surface area contributed by atoms with Crippen LogP contribution in [0.3, 0.4) is 0 Å². The molecule has 0 bridgehead atoms. The SMILES string of the molecule is CCN(C)[C@H](C(=O)N1CCN(c2ncccn2)CC1)c1ccccc1. The van der Waals surface area contributed by atoms with E-state index in [0.29, 0.717) is 13.1 Å². The Balaban J connectivity index is 1.69. The maximum atomic E-state index is 13.2. The molecule has 0 N–H and O–H groups in total. The zero-order valence-electron chi connectivity index (χ0n) is 14.9. The third kappa shape index (κ3) is 3.96. The van der Waals surface area contributed by atoms with Gasteiger partial charge in [0.15, 0.2) is 0 Å². The van der Waals surface area contributed by atoms with Crippen molar-refractivity contribution in [1.29, 1.82) is 0 Å². The zero-order valence-corrected chi connectivity index (χ0v) is 14.9. The number of hydrogen-bond acceptors (Lipinski definition) is 5. The number of aromatic nitrogens is 2. The standard InChI is InChI=1S/C19H25N5O/c1-3-22(2)17(16-8-5-4-6-9-16)18(25)23-12-14-24(15-13-23)19-20-10-7-11-21-19/h4-11,17H,3,12-15H2,1-2H3/t17-/m0/s1. The van der Waals surface area contributed by atoms with E-state index in [1.165, 1.54) is 0 Å². The van der Waals surface area contributed by atoms with Crippen LogP contribution in [0.4, 0.5) is 5.95 Å². The van der Waals surface area contributed by atoms with Gasteiger partial charge in [0.2, 0.25) is 11.9 Å². The number of nitrogens with zero attached hydrogens (tertiary/aromatic N) is 5. The molecule has 1 aromatic carbocycles. The average Bonchev–Trinajstić information content (AvgIpc) is 2.69. The van der Waals surface area contributed by atoms with E-state index in [1.807, 2.05) is 48.3 Å². The molecule has 0 aliphatic carbocycles. The van der Waals surface area contributed by atoms with Crippen molar-refractivity contribution in [3.63, 3.8) is 0 Å². The van der Waals surface area contributed by atoms with Crippen molar-refractivity contribution in [2.45, 2.75) is 13.0 Å². The lowest BCUT2D eigenvalue weighted by Crippen LogP contribution is -2.52. The van der Waals surface area contributed by atoms with Gasteiger partial charge < -0.3 is 9.80 Å². The van der Waals surface area contributed by atoms with E-state index < -0.39 is 0 Å². The zero-order chi connectivity index (χ0) is 17.6. The van der Waals surface area contributed by atoms with Crippen LogP contribution in [-0.2, 0) is 4.79 Å². The Morgan fingerprint density at radius 2 is 1.72 bits per heavy atom. The van der Waals surface area contributed by atoms with Gasteiger partial charge in [-0.25, -0.2) is 9.97 Å². The molecular weight excluding hydrogens is 314 g/mol. The molecule has 1 atom stereocenters. The summed E-state index contributed by atoms with van der Waals surface area (Å²) >= 11 is 0. The molecule has 1 aliphatic rings. The first-order chi connectivity index (χ1) is 12.2. The number of anilines is 1. The minimum Gasteiger partial charge on any atom is -0.337 e. The minimum absolute atomic E-state index is 0.171. The van der Waals surface area contributed by atoms with E-state index in [1.54, 1.807) is 12.4 Å². The molecule has 0 saturated carbocycles. The number of benzene rings is 1. The van der Waals surface area contributed by atoms with E-state index >= 15 is 0 Å². The predicted molar refractivity (Wildman–Crippen MR) is 98.3 cm³/mol. The van der Waals surface area contributed by atoms with E-state index in [4.69, 9.17) is 0 Å². The number of amides is 1. The van der Waals surface area contributed by atoms with E-state index in [2.05, 4.69) is 26.7 Å². The summed E-state index contributed by atoms with van der Waals surface area (Å²) in [4.78, 5) is 28.0. The molecule has 1 saturated heterocycles. The molecule has 1 aliphatic heterocycles. The summed E-state index contributed by atoms with van der Waals surface area (Å²) in [5.41, 5.74) is 1.05. The van der Waals surface area contributed by atoms with Crippen LogP contribution in [0.5, 0.6) is 0 Å². The Labute approximate surface area is 149 Å². The molecule has 3 rings (SSSR count). The highest BCUT2D eigenvalue weighted by Crippen LogP contribution is 2.23. The van der Waals surface area contributed by atoms with Gasteiger partial charge in [-0.2, -0.15) is 0 Å². The van der Waals surface area contributed by atoms with Gasteiger partial charge in [0.05, 0.1) is 0 Å². The van der Waals surface area contributed by atoms with E-state index in [-0.39, 0.29) is 11.9 Å². The molecule has 6 heteroatoms. The van der Waals surface area contributed by atoms with Gasteiger partial charge in [-0.1, -0.05) is 37.3 Å². The van der Waals surface area contributed by atoms with Crippen molar-refractivity contribution in [2.75, 3.05) is 44.7 Å². The van der Waals surface area contributed by atoms with Crippen LogP contribution in [0.15, 0.2) is 48.8 Å². The molecule has 2 heterocycles. The van der Waals surface area contributed by atoms with Crippen molar-refractivity contribution in [3.8, 4) is 0 Å². The maximum Gasteiger partial charge on any atom is 0.244 e. The Hall–Kier alpha value is -2.47. The van der Waals surface area contributed by atoms with Crippen LogP contribution >= 0.6 is 0 Å². The maximum absolute atomic E-state index is 13.2. The topological polar surface area (TPSA) is 52.6 Å². The second kappa shape index (κ2) is 8.07. The van der Waals surface area contributed by atoms with Crippen LogP contribution < -0.4 is 4.90 Å². The van der Waals surface area contributed by atoms with E-state index in [9.17, 15) is 4.79 Å². The van der Waals surface area contributed by atoms with Crippen LogP contribution in [0, 0.1) is 0 Å². The van der Waals surface area contributed by atoms with Crippen LogP contribution in [-0.4, -0.2) is 65.4 Å². The first-order valence-electron chi connectivity index (χ1n) is 8.76. The lowest BCUT2D eigenvalue weighted by molar-refractivity contribution is -0.137. The summed E-state index contributed by atoms with van der Waals surface area (Å²) in [6, 6.07) is 11.6. The first kappa shape index (κ1) is 17.4. The Kier molecular flexibility index (Phi) is 5.60. The van der Waals surface area contributed by atoms with Crippen molar-refractivity contribution in [3.05, 3.63) is 54.4 Å². The fourth-order valence-corrected chi connectivity index (χ4v) is 3.16. The molecule has 0 spiro atoms. The van der Waals surface area contributed by atoms with Crippen LogP contribution in [0.1, 0.15) is 18.5 Å². The minimum atomic E-state index is -0.231. The highest BCUT2D eigenvalue weighted by molar-refractivity contribution is 5.83. The lowest BCUT2D eigenvalue weighted by atomic mass is 10.0. The molecule has 2 aromatic rings. The number of likely N-dealkylation sites (N-methyl/N-ethyl adjacent to an activating group) is 1. The summed E-state index contributed by atoms with van der Waals surface area (Å²) in [5, 5.41) is 0. The van der Waals surface area contributed by atoms with E-state index in [0.717, 1.165) is 31.1 Å². The molecule has 1 amide bonds. The highest BCUT2D eigenvalue weighted by atomic mass is 16.2. The molecule has 132 valence electrons. The Bertz CT molecular complexity index is 671. The number of piperazine rings is 1. The Morgan fingerprint density at radius 1 is 1.08 bits per heavy atom. The van der Waals surface area contributed by atoms with Crippen molar-refractivity contribution >= 4 is 11.9 Å². The fourth-order valence-electron chi connectivity index (χ4n) is 3.16. The third-order valence-corrected chi connectivity index (χ3v) is 4.72. The molecular formula is C19H25N5O. The third-order valence-electron chi connectivity index (χ3n) is 4.72. The summed E-state index contributed by atoms with van der Waals surface area (Å²) < 4.78 is 0. The largest absolute Gasteiger partial charge is 0.337 e. The van der Waals surface area contributed by atoms with Crippen molar-refractivity contribution in [2.24, 2.45) is 0 Å². The predicted octanol–water partition coefficient (Wildman–Crippen LogP) is 1.82. The van der Waals surface area contributed by atoms with Gasteiger partial charge in [-0.05, 0) is 25.2 Å². The molecule has 25 heavy (non-hydrogen) atoms. The first-order valence-corrected chi connectivity index (χ1v) is 8.76. The van der Waals surface area contributed by atoms with Gasteiger partial charge in [-0.15, -0.1) is 0 Å². The quantitative estimate of drug-likeness (QED) is 0.832. The number of rotatable bonds is 5. The van der Waals surface area contributed by atoms with Gasteiger partial charge in [0, 0.05) is 38.6 Å². The molecule has 6 nitrogen and oxygen atoms in total. The summed E-state index contributed by atoms with van der Waals surface area (Å²) in [5.74, 6) is 0.907. The van der Waals surface area contributed by atoms with Gasteiger partial charge in [-0.3, -0.25) is 9.69 Å². The smallest absolute Gasteiger partial charge is 0.244 e. The van der Waals surface area contributed by atoms with Crippen molar-refractivity contribution in [1.82, 2.24) is 19.8 Å². The number of carbonyl (C=O) groups is 1. The highest BCUT2D eigenvalue weighted by Gasteiger charge is 2.31. The number of carbonyl (C=O) groups excluding carboxylic acids is 1. The molecule has 0 unspecified atom stereocenters. The fraction of sp³-hybridized carbons (Fsp3) is 0.421. The van der Waals surface area contributed by atoms with Gasteiger partial charge >= 0.3 is 0 Å². The summed E-state index contributed by atoms with van der Waals surface area (Å²) in [7, 11) is 2.00. The van der Waals surface area contributed by atoms with Crippen LogP contribution in [0.25, 0.3) is 0 Å². The molecule has 0 radical (unpaired) electrons. The summed E-state index contributed by atoms with van der Waals surface area (Å²) in [6.07, 6.45) is 3.50. The Morgan fingerprint density at radius 3 is 2.32 bits per heavy atom. The number of hydrogen-bond donors (Lipinski definition) is 0. The second-order valence-corrected chi connectivity index (χ2v) is 6.25. The normalized spacial score (nSPS) is 16.1. The summed E-state index contributed by atoms with van der Waals surface area (Å²) in [6.45, 7) is 5.80. The van der Waals surface area contributed by atoms with Gasteiger partial charge in [0.1, 0.15) is 6.04 Å². The van der Waals surface area contributed by atoms with Crippen molar-refractivity contribution < 1.29 is 4.79 Å². The average molecular weight is 339 g/mol. The monoisotopic (exact) mass is 339 g/mol. The van der Waals surface area contributed by atoms with Crippen LogP contribution in [0.2, 0.25) is 0 Å². The second-order valence-electron chi connectivity index (χ2n) is 6.25. The molecule has 1 fully saturated rings. The van der Waals surface area contributed by atoms with Gasteiger partial charge in [0.25, 0.3) is 0 Å². The molecule has 1 aromatic heterocycles.